The first-order valence-electron chi connectivity index (χ1n) is 3.67. The van der Waals surface area contributed by atoms with E-state index in [1.54, 1.807) is 0 Å². The second kappa shape index (κ2) is 4.77. The minimum Gasteiger partial charge on any atom is -0.512 e. The monoisotopic (exact) mass is 157 g/mol. The molecule has 0 rings (SSSR count). The van der Waals surface area contributed by atoms with Gasteiger partial charge in [-0.15, -0.1) is 0 Å². The maximum Gasteiger partial charge on any atom is 0.247 e. The molecule has 64 valence electrons. The topological polar surface area (TPSA) is 49.3 Å². The summed E-state index contributed by atoms with van der Waals surface area (Å²) in [7, 11) is 0. The highest BCUT2D eigenvalue weighted by atomic mass is 16.3. The first-order chi connectivity index (χ1) is 5.02. The summed E-state index contributed by atoms with van der Waals surface area (Å²) < 4.78 is 0. The highest BCUT2D eigenvalue weighted by Gasteiger charge is 1.97. The number of aliphatic hydroxyl groups is 1. The standard InChI is InChI=1S/C8H15NO2/c1-6(2)5-9-8(11)4-7(3)10/h4,6,10H,5H2,1-3H3,(H,9,11). The van der Waals surface area contributed by atoms with E-state index in [-0.39, 0.29) is 11.7 Å². The van der Waals surface area contributed by atoms with Gasteiger partial charge in [0.25, 0.3) is 0 Å². The zero-order valence-corrected chi connectivity index (χ0v) is 7.22. The second-order valence-corrected chi connectivity index (χ2v) is 2.92. The number of carbonyl (C=O) groups excluding carboxylic acids is 1. The van der Waals surface area contributed by atoms with Gasteiger partial charge in [0.15, 0.2) is 0 Å². The third-order valence-corrected chi connectivity index (χ3v) is 1.02. The Morgan fingerprint density at radius 3 is 2.55 bits per heavy atom. The molecular formula is C8H15NO2. The van der Waals surface area contributed by atoms with Gasteiger partial charge >= 0.3 is 0 Å². The van der Waals surface area contributed by atoms with Crippen molar-refractivity contribution in [1.82, 2.24) is 5.32 Å². The minimum atomic E-state index is -0.237. The maximum absolute atomic E-state index is 10.8. The fraction of sp³-hybridized carbons (Fsp3) is 0.625. The van der Waals surface area contributed by atoms with E-state index in [0.29, 0.717) is 12.5 Å². The smallest absolute Gasteiger partial charge is 0.247 e. The third-order valence-electron chi connectivity index (χ3n) is 1.02. The summed E-state index contributed by atoms with van der Waals surface area (Å²) in [6.45, 7) is 6.13. The normalized spacial score (nSPS) is 11.8. The van der Waals surface area contributed by atoms with Crippen LogP contribution in [0.1, 0.15) is 20.8 Å². The summed E-state index contributed by atoms with van der Waals surface area (Å²) in [4.78, 5) is 10.8. The van der Waals surface area contributed by atoms with Crippen molar-refractivity contribution in [3.05, 3.63) is 11.8 Å². The van der Waals surface area contributed by atoms with Crippen LogP contribution < -0.4 is 5.32 Å². The summed E-state index contributed by atoms with van der Waals surface area (Å²) in [6, 6.07) is 0. The number of rotatable bonds is 3. The molecule has 0 aromatic carbocycles. The largest absolute Gasteiger partial charge is 0.512 e. The SMILES string of the molecule is CC(O)=CC(=O)NCC(C)C. The molecule has 0 atom stereocenters. The Kier molecular flexibility index (Phi) is 4.34. The molecule has 2 N–H and O–H groups in total. The Morgan fingerprint density at radius 2 is 2.18 bits per heavy atom. The highest BCUT2D eigenvalue weighted by molar-refractivity contribution is 5.87. The Labute approximate surface area is 67.1 Å². The van der Waals surface area contributed by atoms with Crippen LogP contribution >= 0.6 is 0 Å². The van der Waals surface area contributed by atoms with Crippen LogP contribution in [0, 0.1) is 5.92 Å². The first-order valence-corrected chi connectivity index (χ1v) is 3.67. The van der Waals surface area contributed by atoms with Crippen LogP contribution in [0.5, 0.6) is 0 Å². The molecule has 0 aliphatic carbocycles. The van der Waals surface area contributed by atoms with E-state index in [0.717, 1.165) is 0 Å². The van der Waals surface area contributed by atoms with Gasteiger partial charge in [-0.25, -0.2) is 0 Å². The average Bonchev–Trinajstić information content (AvgIpc) is 1.82. The summed E-state index contributed by atoms with van der Waals surface area (Å²) in [5.41, 5.74) is 0. The molecule has 0 saturated heterocycles. The highest BCUT2D eigenvalue weighted by Crippen LogP contribution is 1.88. The number of amides is 1. The van der Waals surface area contributed by atoms with Gasteiger partial charge < -0.3 is 10.4 Å². The molecule has 0 unspecified atom stereocenters. The van der Waals surface area contributed by atoms with Crippen molar-refractivity contribution in [3.63, 3.8) is 0 Å². The number of carbonyl (C=O) groups is 1. The molecule has 0 bridgehead atoms. The number of aliphatic hydroxyl groups excluding tert-OH is 1. The third kappa shape index (κ3) is 6.90. The zero-order chi connectivity index (χ0) is 8.85. The van der Waals surface area contributed by atoms with Crippen molar-refractivity contribution in [3.8, 4) is 0 Å². The van der Waals surface area contributed by atoms with Crippen molar-refractivity contribution in [2.45, 2.75) is 20.8 Å². The van der Waals surface area contributed by atoms with E-state index in [1.807, 2.05) is 13.8 Å². The lowest BCUT2D eigenvalue weighted by molar-refractivity contribution is -0.116. The van der Waals surface area contributed by atoms with Crippen molar-refractivity contribution in [2.24, 2.45) is 5.92 Å². The molecule has 0 aliphatic rings. The van der Waals surface area contributed by atoms with Crippen LogP contribution in [0.4, 0.5) is 0 Å². The van der Waals surface area contributed by atoms with Crippen molar-refractivity contribution >= 4 is 5.91 Å². The number of hydrogen-bond acceptors (Lipinski definition) is 2. The molecule has 0 aromatic heterocycles. The summed E-state index contributed by atoms with van der Waals surface area (Å²) in [5, 5.41) is 11.3. The number of allylic oxidation sites excluding steroid dienone is 1. The average molecular weight is 157 g/mol. The van der Waals surface area contributed by atoms with E-state index in [2.05, 4.69) is 5.32 Å². The second-order valence-electron chi connectivity index (χ2n) is 2.92. The number of hydrogen-bond donors (Lipinski definition) is 2. The van der Waals surface area contributed by atoms with Gasteiger partial charge in [-0.3, -0.25) is 4.79 Å². The Bertz CT molecular complexity index is 157. The number of nitrogens with one attached hydrogen (secondary N) is 1. The van der Waals surface area contributed by atoms with Crippen LogP contribution in [0.25, 0.3) is 0 Å². The van der Waals surface area contributed by atoms with Gasteiger partial charge in [-0.1, -0.05) is 13.8 Å². The Morgan fingerprint density at radius 1 is 1.64 bits per heavy atom. The molecule has 0 aromatic rings. The Hall–Kier alpha value is -0.990. The quantitative estimate of drug-likeness (QED) is 0.478. The molecule has 0 heterocycles. The lowest BCUT2D eigenvalue weighted by Gasteiger charge is -2.04. The molecule has 1 amide bonds. The predicted octanol–water partition coefficient (Wildman–Crippen LogP) is 1.22. The van der Waals surface area contributed by atoms with Gasteiger partial charge in [-0.2, -0.15) is 0 Å². The van der Waals surface area contributed by atoms with E-state index >= 15 is 0 Å². The fourth-order valence-corrected chi connectivity index (χ4v) is 0.545. The summed E-state index contributed by atoms with van der Waals surface area (Å²) >= 11 is 0. The molecule has 0 spiro atoms. The zero-order valence-electron chi connectivity index (χ0n) is 7.22. The predicted molar refractivity (Wildman–Crippen MR) is 44.2 cm³/mol. The van der Waals surface area contributed by atoms with Gasteiger partial charge in [0.2, 0.25) is 5.91 Å². The molecule has 11 heavy (non-hydrogen) atoms. The van der Waals surface area contributed by atoms with Crippen molar-refractivity contribution in [2.75, 3.05) is 6.54 Å². The summed E-state index contributed by atoms with van der Waals surface area (Å²) in [6.07, 6.45) is 1.17. The molecule has 3 nitrogen and oxygen atoms in total. The van der Waals surface area contributed by atoms with Crippen LogP contribution in [-0.4, -0.2) is 17.6 Å². The first kappa shape index (κ1) is 10.0. The molecule has 3 heteroatoms. The minimum absolute atomic E-state index is 0.0336. The van der Waals surface area contributed by atoms with Gasteiger partial charge in [0.1, 0.15) is 0 Å². The summed E-state index contributed by atoms with van der Waals surface area (Å²) in [5.74, 6) is 0.233. The molecule has 0 saturated carbocycles. The van der Waals surface area contributed by atoms with Gasteiger partial charge in [0.05, 0.1) is 5.76 Å². The van der Waals surface area contributed by atoms with E-state index in [1.165, 1.54) is 13.0 Å². The van der Waals surface area contributed by atoms with E-state index in [9.17, 15) is 4.79 Å². The molecule has 0 aliphatic heterocycles. The maximum atomic E-state index is 10.8. The van der Waals surface area contributed by atoms with Crippen molar-refractivity contribution < 1.29 is 9.90 Å². The lowest BCUT2D eigenvalue weighted by atomic mass is 10.2. The van der Waals surface area contributed by atoms with Crippen molar-refractivity contribution in [1.29, 1.82) is 0 Å². The van der Waals surface area contributed by atoms with Crippen LogP contribution in [0.2, 0.25) is 0 Å². The van der Waals surface area contributed by atoms with Crippen LogP contribution in [0.3, 0.4) is 0 Å². The van der Waals surface area contributed by atoms with E-state index in [4.69, 9.17) is 5.11 Å². The van der Waals surface area contributed by atoms with Crippen LogP contribution in [-0.2, 0) is 4.79 Å². The van der Waals surface area contributed by atoms with Gasteiger partial charge in [0, 0.05) is 12.6 Å². The molecular weight excluding hydrogens is 142 g/mol. The molecule has 0 radical (unpaired) electrons. The Balaban J connectivity index is 3.63. The fourth-order valence-electron chi connectivity index (χ4n) is 0.545. The van der Waals surface area contributed by atoms with Gasteiger partial charge in [-0.05, 0) is 12.8 Å². The van der Waals surface area contributed by atoms with Crippen LogP contribution in [0.15, 0.2) is 11.8 Å². The molecule has 0 fully saturated rings. The van der Waals surface area contributed by atoms with E-state index < -0.39 is 0 Å². The lowest BCUT2D eigenvalue weighted by Crippen LogP contribution is -2.25.